The Kier molecular flexibility index (Phi) is 6.13. The maximum Gasteiger partial charge on any atom is 0.274 e. The Balaban J connectivity index is 1.43. The number of hydrogen-bond donors (Lipinski definition) is 0. The molecule has 0 radical (unpaired) electrons. The molecule has 6 nitrogen and oxygen atoms in total. The van der Waals surface area contributed by atoms with Gasteiger partial charge < -0.3 is 14.0 Å². The number of carbonyl (C=O) groups is 1. The van der Waals surface area contributed by atoms with Gasteiger partial charge in [-0.2, -0.15) is 0 Å². The molecule has 4 heterocycles. The number of imidazole rings is 1. The third-order valence-corrected chi connectivity index (χ3v) is 7.12. The molecule has 33 heavy (non-hydrogen) atoms. The number of amides is 1. The highest BCUT2D eigenvalue weighted by molar-refractivity contribution is 7.15. The van der Waals surface area contributed by atoms with Gasteiger partial charge in [-0.15, -0.1) is 11.3 Å². The average Bonchev–Trinajstić information content (AvgIpc) is 3.43. The van der Waals surface area contributed by atoms with Crippen LogP contribution in [0.4, 0.5) is 0 Å². The summed E-state index contributed by atoms with van der Waals surface area (Å²) in [7, 11) is 0. The Labute approximate surface area is 197 Å². The quantitative estimate of drug-likeness (QED) is 0.386. The minimum Gasteiger partial charge on any atom is -0.490 e. The summed E-state index contributed by atoms with van der Waals surface area (Å²) in [5, 5.41) is 0.912. The van der Waals surface area contributed by atoms with Gasteiger partial charge in [0.2, 0.25) is 0 Å². The van der Waals surface area contributed by atoms with E-state index < -0.39 is 0 Å². The van der Waals surface area contributed by atoms with Gasteiger partial charge in [0, 0.05) is 31.4 Å². The van der Waals surface area contributed by atoms with E-state index in [1.54, 1.807) is 11.3 Å². The van der Waals surface area contributed by atoms with Crippen LogP contribution in [0.3, 0.4) is 0 Å². The zero-order valence-corrected chi connectivity index (χ0v) is 19.8. The first-order valence-electron chi connectivity index (χ1n) is 11.6. The summed E-state index contributed by atoms with van der Waals surface area (Å²) in [6, 6.07) is 14.1. The monoisotopic (exact) mass is 460 g/mol. The lowest BCUT2D eigenvalue weighted by Gasteiger charge is -2.35. The number of likely N-dealkylation sites (tertiary alicyclic amines) is 1. The lowest BCUT2D eigenvalue weighted by atomic mass is 9.97. The highest BCUT2D eigenvalue weighted by atomic mass is 32.1. The van der Waals surface area contributed by atoms with E-state index in [1.807, 2.05) is 71.8 Å². The summed E-state index contributed by atoms with van der Waals surface area (Å²) in [5.41, 5.74) is 3.42. The normalized spacial score (nSPS) is 16.3. The Morgan fingerprint density at radius 1 is 1.15 bits per heavy atom. The molecule has 0 aliphatic carbocycles. The van der Waals surface area contributed by atoms with Crippen LogP contribution in [0.15, 0.2) is 54.9 Å². The van der Waals surface area contributed by atoms with Gasteiger partial charge in [-0.05, 0) is 50.8 Å². The molecule has 1 aliphatic rings. The summed E-state index contributed by atoms with van der Waals surface area (Å²) in [6.45, 7) is 5.30. The number of nitrogens with zero attached hydrogens (tertiary/aromatic N) is 4. The molecule has 5 rings (SSSR count). The average molecular weight is 461 g/mol. The van der Waals surface area contributed by atoms with Crippen LogP contribution in [0.25, 0.3) is 16.1 Å². The van der Waals surface area contributed by atoms with E-state index in [1.165, 1.54) is 0 Å². The number of carbonyl (C=O) groups excluding carboxylic acids is 1. The maximum absolute atomic E-state index is 13.7. The molecule has 170 valence electrons. The summed E-state index contributed by atoms with van der Waals surface area (Å²) >= 11 is 1.59. The topological polar surface area (TPSA) is 59.7 Å². The summed E-state index contributed by atoms with van der Waals surface area (Å²) in [6.07, 6.45) is 7.88. The van der Waals surface area contributed by atoms with Gasteiger partial charge in [0.1, 0.15) is 5.69 Å². The van der Waals surface area contributed by atoms with Crippen molar-refractivity contribution in [2.24, 2.45) is 0 Å². The van der Waals surface area contributed by atoms with Crippen molar-refractivity contribution < 1.29 is 9.53 Å². The van der Waals surface area contributed by atoms with Crippen LogP contribution in [0, 0.1) is 6.92 Å². The number of aryl methyl sites for hydroxylation is 1. The highest BCUT2D eigenvalue weighted by Crippen LogP contribution is 2.33. The van der Waals surface area contributed by atoms with Gasteiger partial charge >= 0.3 is 0 Å². The first kappa shape index (κ1) is 21.6. The first-order chi connectivity index (χ1) is 16.1. The second kappa shape index (κ2) is 9.35. The van der Waals surface area contributed by atoms with E-state index in [-0.39, 0.29) is 11.9 Å². The molecular formula is C26H28N4O2S. The molecule has 0 saturated carbocycles. The number of aromatic nitrogens is 3. The van der Waals surface area contributed by atoms with Gasteiger partial charge in [-0.1, -0.05) is 30.3 Å². The predicted molar refractivity (Wildman–Crippen MR) is 131 cm³/mol. The smallest absolute Gasteiger partial charge is 0.274 e. The number of rotatable bonds is 6. The van der Waals surface area contributed by atoms with E-state index >= 15 is 0 Å². The van der Waals surface area contributed by atoms with Crippen LogP contribution in [-0.4, -0.2) is 44.4 Å². The summed E-state index contributed by atoms with van der Waals surface area (Å²) in [4.78, 5) is 26.2. The second-order valence-corrected chi connectivity index (χ2v) is 9.60. The van der Waals surface area contributed by atoms with Gasteiger partial charge in [0.05, 0.1) is 22.2 Å². The second-order valence-electron chi connectivity index (χ2n) is 8.40. The van der Waals surface area contributed by atoms with Crippen molar-refractivity contribution >= 4 is 22.9 Å². The van der Waals surface area contributed by atoms with Crippen molar-refractivity contribution in [2.75, 3.05) is 13.2 Å². The minimum absolute atomic E-state index is 0.0293. The number of ether oxygens (including phenoxy) is 1. The van der Waals surface area contributed by atoms with E-state index in [9.17, 15) is 4.79 Å². The Bertz CT molecular complexity index is 1260. The molecule has 0 unspecified atom stereocenters. The molecule has 1 amide bonds. The van der Waals surface area contributed by atoms with E-state index in [4.69, 9.17) is 9.72 Å². The third-order valence-electron chi connectivity index (χ3n) is 6.10. The Morgan fingerprint density at radius 2 is 2.00 bits per heavy atom. The number of fused-ring (bicyclic) bond motifs is 1. The highest BCUT2D eigenvalue weighted by Gasteiger charge is 2.31. The van der Waals surface area contributed by atoms with Crippen molar-refractivity contribution in [1.29, 1.82) is 0 Å². The van der Waals surface area contributed by atoms with E-state index in [2.05, 4.69) is 11.2 Å². The van der Waals surface area contributed by atoms with E-state index in [0.29, 0.717) is 12.3 Å². The fourth-order valence-corrected chi connectivity index (χ4v) is 5.54. The van der Waals surface area contributed by atoms with Gasteiger partial charge in [-0.3, -0.25) is 4.79 Å². The van der Waals surface area contributed by atoms with Crippen molar-refractivity contribution in [1.82, 2.24) is 19.3 Å². The maximum atomic E-state index is 13.7. The van der Waals surface area contributed by atoms with Crippen LogP contribution < -0.4 is 4.74 Å². The molecule has 0 N–H and O–H groups in total. The molecule has 1 atom stereocenters. The lowest BCUT2D eigenvalue weighted by molar-refractivity contribution is 0.0608. The van der Waals surface area contributed by atoms with Gasteiger partial charge in [0.15, 0.2) is 11.4 Å². The molecule has 1 aliphatic heterocycles. The minimum atomic E-state index is 0.0293. The fourth-order valence-electron chi connectivity index (χ4n) is 4.62. The lowest BCUT2D eigenvalue weighted by Crippen LogP contribution is -2.45. The molecule has 1 aromatic carbocycles. The third kappa shape index (κ3) is 4.37. The molecule has 0 bridgehead atoms. The van der Waals surface area contributed by atoms with Crippen LogP contribution in [0.1, 0.15) is 47.4 Å². The number of thiazole rings is 1. The van der Waals surface area contributed by atoms with Crippen molar-refractivity contribution in [3.05, 3.63) is 71.3 Å². The van der Waals surface area contributed by atoms with Crippen LogP contribution in [0.5, 0.6) is 5.75 Å². The van der Waals surface area contributed by atoms with Crippen molar-refractivity contribution in [3.63, 3.8) is 0 Å². The zero-order valence-electron chi connectivity index (χ0n) is 19.0. The fraction of sp³-hybridized carbons (Fsp3) is 0.346. The summed E-state index contributed by atoms with van der Waals surface area (Å²) in [5.74, 6) is 0.815. The summed E-state index contributed by atoms with van der Waals surface area (Å²) < 4.78 is 7.75. The standard InChI is InChI=1S/C26H28N4O2S/c1-3-32-22-13-9-14-29-17-20(28-25(22)29)16-21-12-7-8-15-30(21)26(31)23-24(33-18(2)27-23)19-10-5-4-6-11-19/h4-6,9-11,13-14,17,21H,3,7-8,12,15-16H2,1-2H3/t21-/m0/s1. The van der Waals surface area contributed by atoms with Gasteiger partial charge in [-0.25, -0.2) is 9.97 Å². The van der Waals surface area contributed by atoms with Crippen LogP contribution >= 0.6 is 11.3 Å². The van der Waals surface area contributed by atoms with Crippen molar-refractivity contribution in [2.45, 2.75) is 45.6 Å². The molecule has 3 aromatic heterocycles. The van der Waals surface area contributed by atoms with Crippen LogP contribution in [0.2, 0.25) is 0 Å². The molecular weight excluding hydrogens is 432 g/mol. The molecule has 1 saturated heterocycles. The SMILES string of the molecule is CCOc1cccn2cc(C[C@@H]3CCCCN3C(=O)c3nc(C)sc3-c3ccccc3)nc12. The Hall–Kier alpha value is -3.19. The predicted octanol–water partition coefficient (Wildman–Crippen LogP) is 5.40. The van der Waals surface area contributed by atoms with Crippen molar-refractivity contribution in [3.8, 4) is 16.2 Å². The number of benzene rings is 1. The first-order valence-corrected chi connectivity index (χ1v) is 12.4. The molecule has 0 spiro atoms. The zero-order chi connectivity index (χ0) is 22.8. The van der Waals surface area contributed by atoms with E-state index in [0.717, 1.165) is 64.8 Å². The molecule has 7 heteroatoms. The number of piperidine rings is 1. The Morgan fingerprint density at radius 3 is 2.82 bits per heavy atom. The largest absolute Gasteiger partial charge is 0.490 e. The van der Waals surface area contributed by atoms with Gasteiger partial charge in [0.25, 0.3) is 5.91 Å². The molecule has 1 fully saturated rings. The van der Waals surface area contributed by atoms with Crippen LogP contribution in [-0.2, 0) is 6.42 Å². The molecule has 4 aromatic rings. The number of hydrogen-bond acceptors (Lipinski definition) is 5. The number of pyridine rings is 1.